The fourth-order valence-corrected chi connectivity index (χ4v) is 5.20. The van der Waals surface area contributed by atoms with Gasteiger partial charge in [0.2, 0.25) is 0 Å². The number of carbonyl (C=O) groups excluding carboxylic acids is 2. The zero-order chi connectivity index (χ0) is 29.8. The second-order valence-electron chi connectivity index (χ2n) is 10.2. The monoisotopic (exact) mass is 568 g/mol. The van der Waals surface area contributed by atoms with Crippen LogP contribution in [0.25, 0.3) is 16.9 Å². The molecule has 0 unspecified atom stereocenters. The number of piperazine rings is 1. The quantitative estimate of drug-likeness (QED) is 0.306. The van der Waals surface area contributed by atoms with Crippen LogP contribution in [0, 0.1) is 13.8 Å². The number of nitrogens with one attached hydrogen (secondary N) is 1. The molecule has 2 heterocycles. The van der Waals surface area contributed by atoms with Gasteiger partial charge in [0.15, 0.2) is 0 Å². The summed E-state index contributed by atoms with van der Waals surface area (Å²) < 4.78 is 18.1. The summed E-state index contributed by atoms with van der Waals surface area (Å²) in [7, 11) is 4.76. The van der Waals surface area contributed by atoms with Gasteiger partial charge in [-0.2, -0.15) is 0 Å². The van der Waals surface area contributed by atoms with E-state index < -0.39 is 0 Å². The van der Waals surface area contributed by atoms with E-state index in [1.807, 2.05) is 42.2 Å². The van der Waals surface area contributed by atoms with Crippen molar-refractivity contribution in [2.24, 2.45) is 0 Å². The molecule has 0 radical (unpaired) electrons. The zero-order valence-electron chi connectivity index (χ0n) is 24.6. The van der Waals surface area contributed by atoms with Crippen LogP contribution >= 0.6 is 0 Å². The van der Waals surface area contributed by atoms with Crippen LogP contribution in [0.15, 0.2) is 72.8 Å². The van der Waals surface area contributed by atoms with E-state index in [9.17, 15) is 9.59 Å². The van der Waals surface area contributed by atoms with Crippen molar-refractivity contribution in [1.29, 1.82) is 0 Å². The Kier molecular flexibility index (Phi) is 8.38. The van der Waals surface area contributed by atoms with Crippen molar-refractivity contribution in [3.63, 3.8) is 0 Å². The van der Waals surface area contributed by atoms with Crippen molar-refractivity contribution in [3.05, 3.63) is 89.6 Å². The molecule has 3 amide bonds. The Morgan fingerprint density at radius 3 is 1.95 bits per heavy atom. The van der Waals surface area contributed by atoms with Gasteiger partial charge >= 0.3 is 6.03 Å². The number of benzene rings is 3. The number of urea groups is 1. The van der Waals surface area contributed by atoms with Crippen LogP contribution in [0.4, 0.5) is 10.5 Å². The Morgan fingerprint density at radius 1 is 0.714 bits per heavy atom. The molecule has 4 aromatic rings. The molecule has 42 heavy (non-hydrogen) atoms. The van der Waals surface area contributed by atoms with Gasteiger partial charge in [-0.15, -0.1) is 0 Å². The second kappa shape index (κ2) is 12.3. The Bertz CT molecular complexity index is 1570. The number of carbonyl (C=O) groups is 2. The lowest BCUT2D eigenvalue weighted by molar-refractivity contribution is 0.0671. The smallest absolute Gasteiger partial charge is 0.322 e. The molecule has 218 valence electrons. The summed E-state index contributed by atoms with van der Waals surface area (Å²) in [5, 5.41) is 2.92. The molecule has 9 heteroatoms. The van der Waals surface area contributed by atoms with Crippen LogP contribution in [-0.4, -0.2) is 73.8 Å². The van der Waals surface area contributed by atoms with Gasteiger partial charge in [-0.3, -0.25) is 4.79 Å². The highest BCUT2D eigenvalue weighted by molar-refractivity contribution is 5.98. The number of ether oxygens (including phenoxy) is 3. The topological polar surface area (TPSA) is 85.3 Å². The molecule has 3 aromatic carbocycles. The minimum atomic E-state index is -0.242. The number of hydrogen-bond acceptors (Lipinski definition) is 5. The summed E-state index contributed by atoms with van der Waals surface area (Å²) in [5.74, 6) is 1.87. The first kappa shape index (κ1) is 28.6. The standard InChI is InChI=1S/C33H36N4O5/c1-22-6-10-25(11-7-22)37-23(2)28(21-30(37)24-8-12-26(40-3)13-9-24)32(38)35-16-18-36(19-17-35)33(39)34-29-15-14-27(41-4)20-31(29)42-5/h6-15,20-21H,16-19H2,1-5H3,(H,34,39). The van der Waals surface area contributed by atoms with Gasteiger partial charge in [0.1, 0.15) is 17.2 Å². The number of methoxy groups -OCH3 is 3. The molecule has 1 N–H and O–H groups in total. The molecule has 0 bridgehead atoms. The van der Waals surface area contributed by atoms with Crippen molar-refractivity contribution in [3.8, 4) is 34.2 Å². The maximum atomic E-state index is 13.9. The highest BCUT2D eigenvalue weighted by Gasteiger charge is 2.28. The van der Waals surface area contributed by atoms with Gasteiger partial charge in [0.05, 0.1) is 38.3 Å². The lowest BCUT2D eigenvalue weighted by atomic mass is 10.1. The zero-order valence-corrected chi connectivity index (χ0v) is 24.6. The summed E-state index contributed by atoms with van der Waals surface area (Å²) in [5.41, 5.74) is 6.11. The highest BCUT2D eigenvalue weighted by Crippen LogP contribution is 2.32. The predicted octanol–water partition coefficient (Wildman–Crippen LogP) is 5.78. The summed E-state index contributed by atoms with van der Waals surface area (Å²) in [6, 6.07) is 23.1. The van der Waals surface area contributed by atoms with Crippen molar-refractivity contribution in [2.75, 3.05) is 52.8 Å². The van der Waals surface area contributed by atoms with Crippen molar-refractivity contribution < 1.29 is 23.8 Å². The van der Waals surface area contributed by atoms with E-state index in [0.29, 0.717) is 48.9 Å². The molecular weight excluding hydrogens is 532 g/mol. The van der Waals surface area contributed by atoms with Crippen LogP contribution in [0.1, 0.15) is 21.6 Å². The van der Waals surface area contributed by atoms with E-state index in [0.717, 1.165) is 34.0 Å². The number of nitrogens with zero attached hydrogens (tertiary/aromatic N) is 3. The average Bonchev–Trinajstić information content (AvgIpc) is 3.38. The van der Waals surface area contributed by atoms with Gasteiger partial charge in [-0.1, -0.05) is 17.7 Å². The first-order valence-electron chi connectivity index (χ1n) is 13.8. The number of aryl methyl sites for hydroxylation is 1. The van der Waals surface area contributed by atoms with Gasteiger partial charge in [0, 0.05) is 43.6 Å². The SMILES string of the molecule is COc1ccc(-c2cc(C(=O)N3CCN(C(=O)Nc4ccc(OC)cc4OC)CC3)c(C)n2-c2ccc(C)cc2)cc1. The molecule has 1 aromatic heterocycles. The van der Waals surface area contributed by atoms with E-state index in [2.05, 4.69) is 41.1 Å². The van der Waals surface area contributed by atoms with Gasteiger partial charge in [-0.05, 0) is 74.0 Å². The Balaban J connectivity index is 1.34. The van der Waals surface area contributed by atoms with Crippen LogP contribution < -0.4 is 19.5 Å². The minimum absolute atomic E-state index is 0.0509. The van der Waals surface area contributed by atoms with E-state index in [-0.39, 0.29) is 11.9 Å². The third-order valence-corrected chi connectivity index (χ3v) is 7.66. The van der Waals surface area contributed by atoms with Gasteiger partial charge < -0.3 is 33.9 Å². The molecule has 0 spiro atoms. The van der Waals surface area contributed by atoms with E-state index in [1.54, 1.807) is 44.4 Å². The van der Waals surface area contributed by atoms with Crippen LogP contribution in [0.2, 0.25) is 0 Å². The predicted molar refractivity (Wildman–Crippen MR) is 163 cm³/mol. The first-order valence-corrected chi connectivity index (χ1v) is 13.8. The molecular formula is C33H36N4O5. The van der Waals surface area contributed by atoms with Crippen molar-refractivity contribution >= 4 is 17.6 Å². The lowest BCUT2D eigenvalue weighted by Crippen LogP contribution is -2.51. The van der Waals surface area contributed by atoms with E-state index in [4.69, 9.17) is 14.2 Å². The maximum Gasteiger partial charge on any atom is 0.322 e. The lowest BCUT2D eigenvalue weighted by Gasteiger charge is -2.34. The highest BCUT2D eigenvalue weighted by atomic mass is 16.5. The fraction of sp³-hybridized carbons (Fsp3) is 0.273. The number of amides is 3. The molecule has 0 atom stereocenters. The Hall–Kier alpha value is -4.92. The maximum absolute atomic E-state index is 13.9. The third kappa shape index (κ3) is 5.76. The van der Waals surface area contributed by atoms with E-state index >= 15 is 0 Å². The number of rotatable bonds is 7. The number of aromatic nitrogens is 1. The van der Waals surface area contributed by atoms with Gasteiger partial charge in [0.25, 0.3) is 5.91 Å². The third-order valence-electron chi connectivity index (χ3n) is 7.66. The first-order chi connectivity index (χ1) is 20.3. The minimum Gasteiger partial charge on any atom is -0.497 e. The average molecular weight is 569 g/mol. The van der Waals surface area contributed by atoms with Crippen molar-refractivity contribution in [2.45, 2.75) is 13.8 Å². The molecule has 1 saturated heterocycles. The second-order valence-corrected chi connectivity index (χ2v) is 10.2. The molecule has 0 aliphatic carbocycles. The van der Waals surface area contributed by atoms with Gasteiger partial charge in [-0.25, -0.2) is 4.79 Å². The van der Waals surface area contributed by atoms with Crippen molar-refractivity contribution in [1.82, 2.24) is 14.4 Å². The largest absolute Gasteiger partial charge is 0.497 e. The summed E-state index contributed by atoms with van der Waals surface area (Å²) in [6.45, 7) is 5.72. The number of hydrogen-bond donors (Lipinski definition) is 1. The summed E-state index contributed by atoms with van der Waals surface area (Å²) in [4.78, 5) is 30.4. The fourth-order valence-electron chi connectivity index (χ4n) is 5.20. The molecule has 1 aliphatic rings. The molecule has 1 fully saturated rings. The summed E-state index contributed by atoms with van der Waals surface area (Å²) >= 11 is 0. The van der Waals surface area contributed by atoms with Crippen LogP contribution in [-0.2, 0) is 0 Å². The molecule has 0 saturated carbocycles. The van der Waals surface area contributed by atoms with E-state index in [1.165, 1.54) is 0 Å². The Morgan fingerprint density at radius 2 is 1.33 bits per heavy atom. The van der Waals surface area contributed by atoms with Crippen LogP contribution in [0.3, 0.4) is 0 Å². The molecule has 5 rings (SSSR count). The summed E-state index contributed by atoms with van der Waals surface area (Å²) in [6.07, 6.45) is 0. The number of anilines is 1. The normalized spacial score (nSPS) is 13.1. The molecule has 1 aliphatic heterocycles. The van der Waals surface area contributed by atoms with Crippen LogP contribution in [0.5, 0.6) is 17.2 Å². The molecule has 9 nitrogen and oxygen atoms in total. The Labute approximate surface area is 246 Å².